The maximum absolute atomic E-state index is 12.5. The number of nitrogens with one attached hydrogen (secondary N) is 1. The molecular weight excluding hydrogens is 320 g/mol. The second kappa shape index (κ2) is 8.56. The molecule has 0 bridgehead atoms. The van der Waals surface area contributed by atoms with Gasteiger partial charge in [0, 0.05) is 36.1 Å². The van der Waals surface area contributed by atoms with E-state index in [1.165, 1.54) is 4.90 Å². The molecule has 24 heavy (non-hydrogen) atoms. The van der Waals surface area contributed by atoms with Crippen molar-refractivity contribution in [2.24, 2.45) is 5.92 Å². The van der Waals surface area contributed by atoms with Crippen molar-refractivity contribution < 1.29 is 9.59 Å². The maximum Gasteiger partial charge on any atom is 0.223 e. The zero-order valence-corrected chi connectivity index (χ0v) is 15.9. The van der Waals surface area contributed by atoms with E-state index in [1.54, 1.807) is 6.92 Å². The molecule has 1 aromatic rings. The largest absolute Gasteiger partial charge is 0.349 e. The van der Waals surface area contributed by atoms with Crippen LogP contribution in [0.3, 0.4) is 0 Å². The highest BCUT2D eigenvalue weighted by Crippen LogP contribution is 2.25. The van der Waals surface area contributed by atoms with Gasteiger partial charge < -0.3 is 10.2 Å². The molecule has 0 radical (unpaired) electrons. The van der Waals surface area contributed by atoms with Crippen LogP contribution in [0.25, 0.3) is 0 Å². The molecular formula is C19H28N2O2S. The Labute approximate surface area is 149 Å². The molecule has 1 aliphatic heterocycles. The fraction of sp³-hybridized carbons (Fsp3) is 0.579. The second-order valence-electron chi connectivity index (χ2n) is 6.75. The SMILES string of the molecule is CC(=O)N1CCC(C(=O)NC(C)c2ccc(SC(C)C)cc2)CC1. The summed E-state index contributed by atoms with van der Waals surface area (Å²) in [4.78, 5) is 26.9. The van der Waals surface area contributed by atoms with Crippen LogP contribution in [0.5, 0.6) is 0 Å². The molecule has 1 N–H and O–H groups in total. The van der Waals surface area contributed by atoms with Crippen molar-refractivity contribution in [1.29, 1.82) is 0 Å². The number of piperidine rings is 1. The van der Waals surface area contributed by atoms with Crippen LogP contribution in [0.2, 0.25) is 0 Å². The fourth-order valence-electron chi connectivity index (χ4n) is 2.98. The van der Waals surface area contributed by atoms with Crippen LogP contribution >= 0.6 is 11.8 Å². The smallest absolute Gasteiger partial charge is 0.223 e. The number of nitrogens with zero attached hydrogens (tertiary/aromatic N) is 1. The average Bonchev–Trinajstić information content (AvgIpc) is 2.55. The molecule has 1 fully saturated rings. The number of likely N-dealkylation sites (tertiary alicyclic amines) is 1. The normalized spacial score (nSPS) is 17.0. The van der Waals surface area contributed by atoms with Crippen molar-refractivity contribution in [2.45, 2.75) is 56.7 Å². The van der Waals surface area contributed by atoms with Gasteiger partial charge in [0.1, 0.15) is 0 Å². The van der Waals surface area contributed by atoms with E-state index in [1.807, 2.05) is 23.6 Å². The van der Waals surface area contributed by atoms with Crippen LogP contribution in [0.1, 0.15) is 52.1 Å². The highest BCUT2D eigenvalue weighted by atomic mass is 32.2. The molecule has 0 aromatic heterocycles. The van der Waals surface area contributed by atoms with E-state index in [2.05, 4.69) is 43.4 Å². The predicted octanol–water partition coefficient (Wildman–Crippen LogP) is 3.62. The first kappa shape index (κ1) is 18.8. The zero-order valence-electron chi connectivity index (χ0n) is 15.0. The molecule has 4 nitrogen and oxygen atoms in total. The molecule has 2 amide bonds. The van der Waals surface area contributed by atoms with Crippen LogP contribution in [-0.2, 0) is 9.59 Å². The average molecular weight is 349 g/mol. The number of amides is 2. The van der Waals surface area contributed by atoms with Gasteiger partial charge in [-0.05, 0) is 37.5 Å². The molecule has 1 heterocycles. The Kier molecular flexibility index (Phi) is 6.72. The Morgan fingerprint density at radius 2 is 1.71 bits per heavy atom. The number of carbonyl (C=O) groups excluding carboxylic acids is 2. The molecule has 1 aliphatic rings. The highest BCUT2D eigenvalue weighted by molar-refractivity contribution is 7.99. The Morgan fingerprint density at radius 1 is 1.12 bits per heavy atom. The predicted molar refractivity (Wildman–Crippen MR) is 99.0 cm³/mol. The van der Waals surface area contributed by atoms with Gasteiger partial charge in [0.05, 0.1) is 6.04 Å². The number of rotatable bonds is 5. The lowest BCUT2D eigenvalue weighted by Gasteiger charge is -2.31. The van der Waals surface area contributed by atoms with Crippen LogP contribution in [-0.4, -0.2) is 35.1 Å². The third-order valence-electron chi connectivity index (χ3n) is 4.42. The summed E-state index contributed by atoms with van der Waals surface area (Å²) in [5, 5.41) is 3.68. The third kappa shape index (κ3) is 5.26. The van der Waals surface area contributed by atoms with E-state index in [4.69, 9.17) is 0 Å². The van der Waals surface area contributed by atoms with Crippen LogP contribution < -0.4 is 5.32 Å². The summed E-state index contributed by atoms with van der Waals surface area (Å²) >= 11 is 1.84. The molecule has 5 heteroatoms. The molecule has 1 saturated heterocycles. The summed E-state index contributed by atoms with van der Waals surface area (Å²) in [5.41, 5.74) is 1.12. The van der Waals surface area contributed by atoms with E-state index in [0.717, 1.165) is 18.4 Å². The van der Waals surface area contributed by atoms with Crippen molar-refractivity contribution in [3.05, 3.63) is 29.8 Å². The van der Waals surface area contributed by atoms with Gasteiger partial charge in [-0.25, -0.2) is 0 Å². The summed E-state index contributed by atoms with van der Waals surface area (Å²) in [6.07, 6.45) is 1.50. The van der Waals surface area contributed by atoms with E-state index in [0.29, 0.717) is 18.3 Å². The number of carbonyl (C=O) groups is 2. The van der Waals surface area contributed by atoms with Gasteiger partial charge in [0.25, 0.3) is 0 Å². The van der Waals surface area contributed by atoms with Crippen molar-refractivity contribution in [2.75, 3.05) is 13.1 Å². The first-order valence-corrected chi connectivity index (χ1v) is 9.57. The van der Waals surface area contributed by atoms with E-state index < -0.39 is 0 Å². The van der Waals surface area contributed by atoms with Crippen molar-refractivity contribution in [1.82, 2.24) is 10.2 Å². The van der Waals surface area contributed by atoms with Gasteiger partial charge in [-0.1, -0.05) is 26.0 Å². The van der Waals surface area contributed by atoms with Crippen LogP contribution in [0.4, 0.5) is 0 Å². The lowest BCUT2D eigenvalue weighted by molar-refractivity contribution is -0.134. The fourth-order valence-corrected chi connectivity index (χ4v) is 3.82. The standard InChI is InChI=1S/C19H28N2O2S/c1-13(2)24-18-7-5-16(6-8-18)14(3)20-19(23)17-9-11-21(12-10-17)15(4)22/h5-8,13-14,17H,9-12H2,1-4H3,(H,20,23). The van der Waals surface area contributed by atoms with Gasteiger partial charge in [0.15, 0.2) is 0 Å². The topological polar surface area (TPSA) is 49.4 Å². The first-order chi connectivity index (χ1) is 11.4. The lowest BCUT2D eigenvalue weighted by atomic mass is 9.95. The Hall–Kier alpha value is -1.49. The van der Waals surface area contributed by atoms with Crippen molar-refractivity contribution >= 4 is 23.6 Å². The van der Waals surface area contributed by atoms with Crippen molar-refractivity contribution in [3.63, 3.8) is 0 Å². The van der Waals surface area contributed by atoms with Crippen LogP contribution in [0, 0.1) is 5.92 Å². The zero-order chi connectivity index (χ0) is 17.7. The summed E-state index contributed by atoms with van der Waals surface area (Å²) in [7, 11) is 0. The number of benzene rings is 1. The molecule has 1 unspecified atom stereocenters. The number of hydrogen-bond donors (Lipinski definition) is 1. The molecule has 0 aliphatic carbocycles. The lowest BCUT2D eigenvalue weighted by Crippen LogP contribution is -2.42. The molecule has 1 aromatic carbocycles. The quantitative estimate of drug-likeness (QED) is 0.827. The number of thioether (sulfide) groups is 1. The van der Waals surface area contributed by atoms with Gasteiger partial charge in [-0.2, -0.15) is 0 Å². The van der Waals surface area contributed by atoms with Gasteiger partial charge in [0.2, 0.25) is 11.8 Å². The summed E-state index contributed by atoms with van der Waals surface area (Å²) in [6, 6.07) is 8.42. The minimum absolute atomic E-state index is 0.00133. The Morgan fingerprint density at radius 3 is 2.21 bits per heavy atom. The van der Waals surface area contributed by atoms with Gasteiger partial charge in [-0.15, -0.1) is 11.8 Å². The molecule has 2 rings (SSSR count). The first-order valence-electron chi connectivity index (χ1n) is 8.69. The minimum atomic E-state index is 0.00133. The van der Waals surface area contributed by atoms with E-state index in [-0.39, 0.29) is 23.8 Å². The minimum Gasteiger partial charge on any atom is -0.349 e. The molecule has 1 atom stereocenters. The van der Waals surface area contributed by atoms with E-state index >= 15 is 0 Å². The Bertz CT molecular complexity index is 563. The summed E-state index contributed by atoms with van der Waals surface area (Å²) in [6.45, 7) is 9.33. The van der Waals surface area contributed by atoms with Gasteiger partial charge in [-0.3, -0.25) is 9.59 Å². The molecule has 132 valence electrons. The summed E-state index contributed by atoms with van der Waals surface area (Å²) < 4.78 is 0. The number of hydrogen-bond acceptors (Lipinski definition) is 3. The molecule has 0 spiro atoms. The highest BCUT2D eigenvalue weighted by Gasteiger charge is 2.26. The van der Waals surface area contributed by atoms with E-state index in [9.17, 15) is 9.59 Å². The van der Waals surface area contributed by atoms with Gasteiger partial charge >= 0.3 is 0 Å². The third-order valence-corrected chi connectivity index (χ3v) is 5.44. The monoisotopic (exact) mass is 348 g/mol. The Balaban J connectivity index is 1.86. The second-order valence-corrected chi connectivity index (χ2v) is 8.40. The maximum atomic E-state index is 12.5. The van der Waals surface area contributed by atoms with Crippen molar-refractivity contribution in [3.8, 4) is 0 Å². The molecule has 0 saturated carbocycles. The van der Waals surface area contributed by atoms with Crippen LogP contribution in [0.15, 0.2) is 29.2 Å². The summed E-state index contributed by atoms with van der Waals surface area (Å²) in [5.74, 6) is 0.215.